The number of pyridine rings is 1. The van der Waals surface area contributed by atoms with Gasteiger partial charge in [0.15, 0.2) is 0 Å². The van der Waals surface area contributed by atoms with Crippen molar-refractivity contribution in [1.82, 2.24) is 15.2 Å². The molecule has 4 rings (SSSR count). The molecule has 31 heavy (non-hydrogen) atoms. The average Bonchev–Trinajstić information content (AvgIpc) is 3.11. The van der Waals surface area contributed by atoms with Gasteiger partial charge in [-0.05, 0) is 44.4 Å². The van der Waals surface area contributed by atoms with Crippen LogP contribution in [-0.2, 0) is 6.54 Å². The Morgan fingerprint density at radius 3 is 2.74 bits per heavy atom. The van der Waals surface area contributed by atoms with Crippen LogP contribution in [0, 0.1) is 5.82 Å². The van der Waals surface area contributed by atoms with E-state index in [0.717, 1.165) is 36.8 Å². The Morgan fingerprint density at radius 2 is 2.03 bits per heavy atom. The maximum absolute atomic E-state index is 14.8. The number of aliphatic hydroxyl groups is 1. The highest BCUT2D eigenvalue weighted by atomic mass is 19.1. The molecule has 1 aromatic carbocycles. The number of carbonyl (C=O) groups excluding carboxylic acids is 1. The number of rotatable bonds is 7. The normalized spacial score (nSPS) is 18.7. The molecule has 6 nitrogen and oxygen atoms in total. The molecule has 2 heterocycles. The molecule has 1 aliphatic heterocycles. The van der Waals surface area contributed by atoms with E-state index >= 15 is 0 Å². The second-order valence-electron chi connectivity index (χ2n) is 8.56. The summed E-state index contributed by atoms with van der Waals surface area (Å²) >= 11 is 0. The van der Waals surface area contributed by atoms with Crippen LogP contribution in [0.1, 0.15) is 85.3 Å². The molecule has 2 aliphatic rings. The first kappa shape index (κ1) is 21.7. The number of anilines is 1. The number of carbonyl (C=O) groups is 1. The van der Waals surface area contributed by atoms with Gasteiger partial charge in [-0.1, -0.05) is 31.4 Å². The highest BCUT2D eigenvalue weighted by molar-refractivity contribution is 5.99. The van der Waals surface area contributed by atoms with Crippen molar-refractivity contribution >= 4 is 11.7 Å². The molecule has 1 unspecified atom stereocenters. The minimum atomic E-state index is -1.01. The SMILES string of the molecule is CCN1Cc2c(ccnc2N[C@@H](C)c2ccc(C(O)NC3CCCCC3)c(F)c2)C1=O. The van der Waals surface area contributed by atoms with Crippen LogP contribution in [0.3, 0.4) is 0 Å². The number of aliphatic hydroxyl groups excluding tert-OH is 1. The third kappa shape index (κ3) is 4.57. The third-order valence-electron chi connectivity index (χ3n) is 6.48. The van der Waals surface area contributed by atoms with E-state index in [1.807, 2.05) is 19.9 Å². The molecule has 7 heteroatoms. The molecule has 1 fully saturated rings. The molecule has 2 aromatic rings. The van der Waals surface area contributed by atoms with Crippen molar-refractivity contribution in [2.45, 2.75) is 70.8 Å². The Hall–Kier alpha value is -2.51. The molecule has 0 bridgehead atoms. The van der Waals surface area contributed by atoms with Crippen LogP contribution in [0.4, 0.5) is 10.2 Å². The Balaban J connectivity index is 1.46. The zero-order valence-electron chi connectivity index (χ0n) is 18.2. The second-order valence-corrected chi connectivity index (χ2v) is 8.56. The number of nitrogens with one attached hydrogen (secondary N) is 2. The molecule has 1 amide bonds. The predicted octanol–water partition coefficient (Wildman–Crippen LogP) is 4.28. The van der Waals surface area contributed by atoms with Gasteiger partial charge in [0.1, 0.15) is 17.9 Å². The molecule has 1 aliphatic carbocycles. The number of hydrogen-bond donors (Lipinski definition) is 3. The molecule has 166 valence electrons. The molecule has 0 radical (unpaired) electrons. The predicted molar refractivity (Wildman–Crippen MR) is 118 cm³/mol. The van der Waals surface area contributed by atoms with E-state index in [0.29, 0.717) is 24.5 Å². The number of fused-ring (bicyclic) bond motifs is 1. The van der Waals surface area contributed by atoms with Crippen molar-refractivity contribution in [3.63, 3.8) is 0 Å². The minimum Gasteiger partial charge on any atom is -0.374 e. The lowest BCUT2D eigenvalue weighted by atomic mass is 9.95. The lowest BCUT2D eigenvalue weighted by molar-refractivity contribution is 0.0787. The van der Waals surface area contributed by atoms with Crippen molar-refractivity contribution < 1.29 is 14.3 Å². The van der Waals surface area contributed by atoms with Crippen LogP contribution in [0.25, 0.3) is 0 Å². The fraction of sp³-hybridized carbons (Fsp3) is 0.500. The smallest absolute Gasteiger partial charge is 0.254 e. The quantitative estimate of drug-likeness (QED) is 0.576. The van der Waals surface area contributed by atoms with E-state index in [1.165, 1.54) is 12.5 Å². The van der Waals surface area contributed by atoms with Gasteiger partial charge in [-0.25, -0.2) is 9.37 Å². The van der Waals surface area contributed by atoms with Crippen LogP contribution in [-0.4, -0.2) is 33.5 Å². The largest absolute Gasteiger partial charge is 0.374 e. The molecule has 0 saturated heterocycles. The van der Waals surface area contributed by atoms with Gasteiger partial charge >= 0.3 is 0 Å². The number of hydrogen-bond acceptors (Lipinski definition) is 5. The van der Waals surface area contributed by atoms with Crippen molar-refractivity contribution in [3.8, 4) is 0 Å². The summed E-state index contributed by atoms with van der Waals surface area (Å²) in [5.74, 6) is 0.240. The first-order chi connectivity index (χ1) is 15.0. The van der Waals surface area contributed by atoms with E-state index < -0.39 is 12.0 Å². The molecule has 3 N–H and O–H groups in total. The maximum atomic E-state index is 14.8. The Morgan fingerprint density at radius 1 is 1.26 bits per heavy atom. The van der Waals surface area contributed by atoms with Crippen molar-refractivity contribution in [3.05, 3.63) is 58.5 Å². The summed E-state index contributed by atoms with van der Waals surface area (Å²) < 4.78 is 14.8. The highest BCUT2D eigenvalue weighted by Crippen LogP contribution is 2.30. The summed E-state index contributed by atoms with van der Waals surface area (Å²) in [6, 6.07) is 6.71. The molecule has 1 saturated carbocycles. The number of benzene rings is 1. The van der Waals surface area contributed by atoms with Gasteiger partial charge in [0.25, 0.3) is 5.91 Å². The summed E-state index contributed by atoms with van der Waals surface area (Å²) in [5, 5.41) is 17.0. The minimum absolute atomic E-state index is 0.0189. The van der Waals surface area contributed by atoms with Crippen LogP contribution in [0.2, 0.25) is 0 Å². The molecular formula is C24H31FN4O2. The van der Waals surface area contributed by atoms with E-state index in [-0.39, 0.29) is 23.6 Å². The topological polar surface area (TPSA) is 77.5 Å². The summed E-state index contributed by atoms with van der Waals surface area (Å²) in [7, 11) is 0. The molecule has 2 atom stereocenters. The van der Waals surface area contributed by atoms with Crippen LogP contribution >= 0.6 is 0 Å². The number of nitrogens with zero attached hydrogens (tertiary/aromatic N) is 2. The summed E-state index contributed by atoms with van der Waals surface area (Å²) in [5.41, 5.74) is 2.57. The average molecular weight is 427 g/mol. The van der Waals surface area contributed by atoms with Crippen LogP contribution in [0.5, 0.6) is 0 Å². The zero-order chi connectivity index (χ0) is 22.0. The number of aromatic nitrogens is 1. The van der Waals surface area contributed by atoms with E-state index in [4.69, 9.17) is 0 Å². The van der Waals surface area contributed by atoms with Crippen molar-refractivity contribution in [2.24, 2.45) is 0 Å². The lowest BCUT2D eigenvalue weighted by Gasteiger charge is -2.26. The van der Waals surface area contributed by atoms with Gasteiger partial charge in [0.2, 0.25) is 0 Å². The Bertz CT molecular complexity index is 945. The fourth-order valence-corrected chi connectivity index (χ4v) is 4.57. The first-order valence-corrected chi connectivity index (χ1v) is 11.2. The Kier molecular flexibility index (Phi) is 6.53. The lowest BCUT2D eigenvalue weighted by Crippen LogP contribution is -2.34. The van der Waals surface area contributed by atoms with Gasteiger partial charge in [0, 0.05) is 35.5 Å². The van der Waals surface area contributed by atoms with Gasteiger partial charge in [0.05, 0.1) is 12.6 Å². The zero-order valence-corrected chi connectivity index (χ0v) is 18.2. The summed E-state index contributed by atoms with van der Waals surface area (Å²) in [4.78, 5) is 18.6. The van der Waals surface area contributed by atoms with Gasteiger partial charge in [-0.15, -0.1) is 0 Å². The van der Waals surface area contributed by atoms with E-state index in [9.17, 15) is 14.3 Å². The van der Waals surface area contributed by atoms with E-state index in [1.54, 1.807) is 23.2 Å². The van der Waals surface area contributed by atoms with Gasteiger partial charge in [-0.3, -0.25) is 10.1 Å². The summed E-state index contributed by atoms with van der Waals surface area (Å²) in [6.07, 6.45) is 6.18. The van der Waals surface area contributed by atoms with Crippen molar-refractivity contribution in [2.75, 3.05) is 11.9 Å². The van der Waals surface area contributed by atoms with Crippen molar-refractivity contribution in [1.29, 1.82) is 0 Å². The van der Waals surface area contributed by atoms with Crippen LogP contribution < -0.4 is 10.6 Å². The van der Waals surface area contributed by atoms with Gasteiger partial charge in [-0.2, -0.15) is 0 Å². The first-order valence-electron chi connectivity index (χ1n) is 11.2. The number of amides is 1. The standard InChI is InChI=1S/C24H31FN4O2/c1-3-29-14-20-18(24(29)31)11-12-26-22(20)27-15(2)16-9-10-19(21(25)13-16)23(30)28-17-7-5-4-6-8-17/h9-13,15,17,23,28,30H,3-8,14H2,1-2H3,(H,26,27)/t15-,23?/m0/s1. The van der Waals surface area contributed by atoms with E-state index in [2.05, 4.69) is 15.6 Å². The highest BCUT2D eigenvalue weighted by Gasteiger charge is 2.29. The fourth-order valence-electron chi connectivity index (χ4n) is 4.57. The monoisotopic (exact) mass is 426 g/mol. The van der Waals surface area contributed by atoms with Crippen LogP contribution in [0.15, 0.2) is 30.5 Å². The molecular weight excluding hydrogens is 395 g/mol. The molecule has 1 aromatic heterocycles. The van der Waals surface area contributed by atoms with Gasteiger partial charge < -0.3 is 15.3 Å². The Labute approximate surface area is 182 Å². The number of halogens is 1. The third-order valence-corrected chi connectivity index (χ3v) is 6.48. The molecule has 0 spiro atoms. The summed E-state index contributed by atoms with van der Waals surface area (Å²) in [6.45, 7) is 5.06. The second kappa shape index (κ2) is 9.32. The maximum Gasteiger partial charge on any atom is 0.254 e.